The Morgan fingerprint density at radius 1 is 1.21 bits per heavy atom. The third-order valence-electron chi connectivity index (χ3n) is 6.40. The Balaban J connectivity index is 1.45. The fourth-order valence-corrected chi connectivity index (χ4v) is 4.24. The molecule has 2 aliphatic carbocycles. The number of hydrogen-bond donors (Lipinski definition) is 3. The van der Waals surface area contributed by atoms with E-state index >= 15 is 0 Å². The first kappa shape index (κ1) is 21.4. The summed E-state index contributed by atoms with van der Waals surface area (Å²) in [5, 5.41) is 13.5. The van der Waals surface area contributed by atoms with Crippen LogP contribution in [0.25, 0.3) is 5.65 Å². The van der Waals surface area contributed by atoms with Crippen LogP contribution in [0.5, 0.6) is 0 Å². The highest BCUT2D eigenvalue weighted by Crippen LogP contribution is 2.37. The van der Waals surface area contributed by atoms with Gasteiger partial charge in [-0.3, -0.25) is 9.59 Å². The van der Waals surface area contributed by atoms with Gasteiger partial charge in [-0.05, 0) is 31.4 Å². The van der Waals surface area contributed by atoms with E-state index in [9.17, 15) is 9.59 Å². The number of carbonyl (C=O) groups excluding carboxylic acids is 1. The molecule has 4 atom stereocenters. The summed E-state index contributed by atoms with van der Waals surface area (Å²) in [5.74, 6) is 0.788. The molecule has 0 aromatic carbocycles. The van der Waals surface area contributed by atoms with Gasteiger partial charge in [0.15, 0.2) is 5.65 Å². The Hall–Kier alpha value is -3.44. The van der Waals surface area contributed by atoms with Crippen molar-refractivity contribution in [1.82, 2.24) is 24.5 Å². The molecule has 0 bridgehead atoms. The molecular weight excluding hydrogens is 426 g/mol. The van der Waals surface area contributed by atoms with E-state index in [4.69, 9.17) is 9.47 Å². The smallest absolute Gasteiger partial charge is 0.274 e. The van der Waals surface area contributed by atoms with Crippen molar-refractivity contribution in [2.24, 2.45) is 0 Å². The molecule has 0 aliphatic heterocycles. The Kier molecular flexibility index (Phi) is 5.51. The summed E-state index contributed by atoms with van der Waals surface area (Å²) in [6, 6.07) is 5.28. The number of hydrogen-bond acceptors (Lipinski definition) is 8. The van der Waals surface area contributed by atoms with E-state index in [1.807, 2.05) is 6.07 Å². The zero-order valence-electron chi connectivity index (χ0n) is 18.7. The number of pyridine rings is 1. The molecule has 2 fully saturated rings. The lowest BCUT2D eigenvalue weighted by Crippen LogP contribution is -2.51. The van der Waals surface area contributed by atoms with E-state index < -0.39 is 0 Å². The van der Waals surface area contributed by atoms with Crippen molar-refractivity contribution in [1.29, 1.82) is 0 Å². The fraction of sp³-hybridized carbons (Fsp3) is 0.455. The molecule has 33 heavy (non-hydrogen) atoms. The highest BCUT2D eigenvalue weighted by atomic mass is 16.5. The average Bonchev–Trinajstić information content (AvgIpc) is 3.47. The first-order valence-corrected chi connectivity index (χ1v) is 10.9. The van der Waals surface area contributed by atoms with Crippen LogP contribution < -0.4 is 21.5 Å². The SMILES string of the molecule is CNc1cc(Nc2cccn([C@@H]3C[C@H]3OC)c2=O)nc2c(C(=O)N[C@@H]3CC[C@H]3OC)cnn12. The lowest BCUT2D eigenvalue weighted by atomic mass is 9.89. The molecule has 3 heterocycles. The van der Waals surface area contributed by atoms with Crippen LogP contribution in [0.15, 0.2) is 35.4 Å². The molecule has 11 heteroatoms. The molecule has 0 radical (unpaired) electrons. The Morgan fingerprint density at radius 3 is 2.70 bits per heavy atom. The quantitative estimate of drug-likeness (QED) is 0.469. The monoisotopic (exact) mass is 453 g/mol. The number of carbonyl (C=O) groups is 1. The first-order valence-electron chi connectivity index (χ1n) is 10.9. The van der Waals surface area contributed by atoms with Crippen molar-refractivity contribution in [3.8, 4) is 0 Å². The van der Waals surface area contributed by atoms with E-state index in [1.165, 1.54) is 6.20 Å². The summed E-state index contributed by atoms with van der Waals surface area (Å²) in [5.41, 5.74) is 0.967. The number of nitrogens with one attached hydrogen (secondary N) is 3. The van der Waals surface area contributed by atoms with Gasteiger partial charge in [0.25, 0.3) is 11.5 Å². The van der Waals surface area contributed by atoms with Crippen molar-refractivity contribution < 1.29 is 14.3 Å². The molecule has 5 rings (SSSR count). The van der Waals surface area contributed by atoms with Gasteiger partial charge in [-0.15, -0.1) is 0 Å². The summed E-state index contributed by atoms with van der Waals surface area (Å²) < 4.78 is 14.0. The van der Waals surface area contributed by atoms with Crippen LogP contribution in [0.2, 0.25) is 0 Å². The number of nitrogens with zero attached hydrogens (tertiary/aromatic N) is 4. The third-order valence-corrected chi connectivity index (χ3v) is 6.40. The normalized spacial score (nSPS) is 23.7. The summed E-state index contributed by atoms with van der Waals surface area (Å²) >= 11 is 0. The molecule has 2 aliphatic rings. The molecule has 3 N–H and O–H groups in total. The highest BCUT2D eigenvalue weighted by molar-refractivity contribution is 6.00. The number of amides is 1. The van der Waals surface area contributed by atoms with Gasteiger partial charge in [0, 0.05) is 33.5 Å². The second kappa shape index (κ2) is 8.49. The standard InChI is InChI=1S/C22H27N7O4/c1-23-19-10-18(25-14-5-4-8-28(22(14)31)15-9-17(15)33-3)27-20-12(11-24-29(19)20)21(30)26-13-6-7-16(13)32-2/h4-5,8,10-11,13,15-17,23H,6-7,9H2,1-3H3,(H,25,27)(H,26,30)/t13-,15-,16-,17-/m1/s1. The van der Waals surface area contributed by atoms with Crippen molar-refractivity contribution in [2.45, 2.75) is 43.6 Å². The Morgan fingerprint density at radius 2 is 2.03 bits per heavy atom. The van der Waals surface area contributed by atoms with E-state index in [0.29, 0.717) is 28.5 Å². The van der Waals surface area contributed by atoms with Crippen LogP contribution in [0, 0.1) is 0 Å². The van der Waals surface area contributed by atoms with Crippen molar-refractivity contribution >= 4 is 28.9 Å². The fourth-order valence-electron chi connectivity index (χ4n) is 4.24. The minimum absolute atomic E-state index is 0.0244. The summed E-state index contributed by atoms with van der Waals surface area (Å²) in [4.78, 5) is 30.5. The molecule has 2 saturated carbocycles. The lowest BCUT2D eigenvalue weighted by molar-refractivity contribution is 0.00732. The predicted octanol–water partition coefficient (Wildman–Crippen LogP) is 1.54. The minimum Gasteiger partial charge on any atom is -0.379 e. The van der Waals surface area contributed by atoms with Gasteiger partial charge >= 0.3 is 0 Å². The largest absolute Gasteiger partial charge is 0.379 e. The maximum absolute atomic E-state index is 13.0. The number of methoxy groups -OCH3 is 2. The zero-order chi connectivity index (χ0) is 23.1. The molecule has 11 nitrogen and oxygen atoms in total. The summed E-state index contributed by atoms with van der Waals surface area (Å²) in [6.45, 7) is 0. The topological polar surface area (TPSA) is 124 Å². The highest BCUT2D eigenvalue weighted by Gasteiger charge is 2.39. The molecule has 0 saturated heterocycles. The van der Waals surface area contributed by atoms with Crippen molar-refractivity contribution in [3.05, 3.63) is 46.5 Å². The van der Waals surface area contributed by atoms with Crippen LogP contribution in [0.1, 0.15) is 35.7 Å². The second-order valence-electron chi connectivity index (χ2n) is 8.34. The number of fused-ring (bicyclic) bond motifs is 1. The Bertz CT molecular complexity index is 1250. The molecule has 0 unspecified atom stereocenters. The van der Waals surface area contributed by atoms with E-state index in [-0.39, 0.29) is 35.8 Å². The molecule has 3 aromatic heterocycles. The minimum atomic E-state index is -0.259. The summed E-state index contributed by atoms with van der Waals surface area (Å²) in [6.07, 6.45) is 5.95. The Labute approximate surface area is 190 Å². The molecular formula is C22H27N7O4. The van der Waals surface area contributed by atoms with E-state index in [2.05, 4.69) is 26.0 Å². The predicted molar refractivity (Wildman–Crippen MR) is 122 cm³/mol. The van der Waals surface area contributed by atoms with Crippen molar-refractivity contribution in [3.63, 3.8) is 0 Å². The third kappa shape index (κ3) is 3.83. The van der Waals surface area contributed by atoms with Crippen LogP contribution >= 0.6 is 0 Å². The van der Waals surface area contributed by atoms with Gasteiger partial charge in [0.2, 0.25) is 0 Å². The maximum atomic E-state index is 13.0. The van der Waals surface area contributed by atoms with Crippen LogP contribution in [0.3, 0.4) is 0 Å². The molecule has 174 valence electrons. The van der Waals surface area contributed by atoms with E-state index in [0.717, 1.165) is 19.3 Å². The van der Waals surface area contributed by atoms with Gasteiger partial charge in [0.05, 0.1) is 30.5 Å². The van der Waals surface area contributed by atoms with Gasteiger partial charge in [-0.25, -0.2) is 4.98 Å². The van der Waals surface area contributed by atoms with Crippen LogP contribution in [-0.4, -0.2) is 64.6 Å². The summed E-state index contributed by atoms with van der Waals surface area (Å²) in [7, 11) is 5.05. The van der Waals surface area contributed by atoms with Gasteiger partial charge in [0.1, 0.15) is 22.9 Å². The number of aromatic nitrogens is 4. The van der Waals surface area contributed by atoms with Crippen molar-refractivity contribution in [2.75, 3.05) is 31.9 Å². The van der Waals surface area contributed by atoms with Gasteiger partial charge in [-0.2, -0.15) is 9.61 Å². The first-order chi connectivity index (χ1) is 16.0. The van der Waals surface area contributed by atoms with Gasteiger partial charge in [-0.1, -0.05) is 0 Å². The number of rotatable bonds is 8. The molecule has 3 aromatic rings. The van der Waals surface area contributed by atoms with Gasteiger partial charge < -0.3 is 30.0 Å². The molecule has 0 spiro atoms. The van der Waals surface area contributed by atoms with E-state index in [1.54, 1.807) is 48.7 Å². The zero-order valence-corrected chi connectivity index (χ0v) is 18.7. The van der Waals surface area contributed by atoms with Crippen LogP contribution in [0.4, 0.5) is 17.3 Å². The molecule has 1 amide bonds. The number of ether oxygens (including phenoxy) is 2. The number of anilines is 3. The lowest BCUT2D eigenvalue weighted by Gasteiger charge is -2.35. The van der Waals surface area contributed by atoms with Crippen LogP contribution in [-0.2, 0) is 9.47 Å². The maximum Gasteiger partial charge on any atom is 0.274 e. The average molecular weight is 454 g/mol. The second-order valence-corrected chi connectivity index (χ2v) is 8.34.